The molecule has 0 fully saturated rings. The van der Waals surface area contributed by atoms with Gasteiger partial charge in [-0.2, -0.15) is 0 Å². The van der Waals surface area contributed by atoms with Crippen LogP contribution in [0.1, 0.15) is 20.3 Å². The highest BCUT2D eigenvalue weighted by molar-refractivity contribution is 6.30. The second-order valence-electron chi connectivity index (χ2n) is 4.82. The molecule has 0 radical (unpaired) electrons. The van der Waals surface area contributed by atoms with Gasteiger partial charge in [0.05, 0.1) is 5.88 Å². The van der Waals surface area contributed by atoms with Crippen molar-refractivity contribution in [3.8, 4) is 0 Å². The summed E-state index contributed by atoms with van der Waals surface area (Å²) in [4.78, 5) is 25.2. The maximum absolute atomic E-state index is 11.9. The molecule has 5 heteroatoms. The summed E-state index contributed by atoms with van der Waals surface area (Å²) in [6, 6.07) is -0.0375. The van der Waals surface area contributed by atoms with E-state index in [0.29, 0.717) is 18.5 Å². The lowest BCUT2D eigenvalue weighted by molar-refractivity contribution is -0.113. The molecule has 1 atom stereocenters. The summed E-state index contributed by atoms with van der Waals surface area (Å²) in [6.07, 6.45) is 3.46. The largest absolute Gasteiger partial charge is 0.445 e. The van der Waals surface area contributed by atoms with Gasteiger partial charge >= 0.3 is 6.09 Å². The van der Waals surface area contributed by atoms with Gasteiger partial charge in [0.25, 0.3) is 0 Å². The normalized spacial score (nSPS) is 19.1. The lowest BCUT2D eigenvalue weighted by atomic mass is 9.90. The Balaban J connectivity index is 2.82. The predicted octanol–water partition coefficient (Wildman–Crippen LogP) is 2.77. The topological polar surface area (TPSA) is 46.6 Å². The summed E-state index contributed by atoms with van der Waals surface area (Å²) in [6.45, 7) is 8.13. The second-order valence-corrected chi connectivity index (χ2v) is 5.09. The van der Waals surface area contributed by atoms with Crippen molar-refractivity contribution in [3.63, 3.8) is 0 Å². The molecule has 0 aromatic carbocycles. The summed E-state index contributed by atoms with van der Waals surface area (Å²) in [5.74, 6) is 0.159. The molecule has 0 aromatic heterocycles. The maximum Gasteiger partial charge on any atom is 0.410 e. The molecule has 0 saturated carbocycles. The van der Waals surface area contributed by atoms with Crippen LogP contribution in [0.3, 0.4) is 0 Å². The van der Waals surface area contributed by atoms with Crippen molar-refractivity contribution < 1.29 is 14.3 Å². The minimum atomic E-state index is -0.368. The van der Waals surface area contributed by atoms with Gasteiger partial charge in [0.15, 0.2) is 5.78 Å². The van der Waals surface area contributed by atoms with Crippen LogP contribution in [0.2, 0.25) is 0 Å². The SMILES string of the molecule is C=CCOC(=O)N1CC=C(C(=O)CCl)C[C@H]1C(C)C. The molecular weight excluding hydrogens is 266 g/mol. The summed E-state index contributed by atoms with van der Waals surface area (Å²) in [5, 5.41) is 0. The van der Waals surface area contributed by atoms with Gasteiger partial charge in [-0.05, 0) is 17.9 Å². The van der Waals surface area contributed by atoms with Gasteiger partial charge in [0.1, 0.15) is 6.61 Å². The molecule has 1 aliphatic rings. The molecule has 19 heavy (non-hydrogen) atoms. The van der Waals surface area contributed by atoms with E-state index in [4.69, 9.17) is 16.3 Å². The van der Waals surface area contributed by atoms with Crippen molar-refractivity contribution in [1.29, 1.82) is 0 Å². The first-order valence-corrected chi connectivity index (χ1v) is 6.87. The van der Waals surface area contributed by atoms with E-state index in [2.05, 4.69) is 6.58 Å². The first-order valence-electron chi connectivity index (χ1n) is 6.33. The van der Waals surface area contributed by atoms with Crippen LogP contribution in [0.4, 0.5) is 4.79 Å². The number of carbonyl (C=O) groups excluding carboxylic acids is 2. The van der Waals surface area contributed by atoms with Crippen LogP contribution in [0.5, 0.6) is 0 Å². The van der Waals surface area contributed by atoms with E-state index in [-0.39, 0.29) is 36.3 Å². The number of hydrogen-bond donors (Lipinski definition) is 0. The smallest absolute Gasteiger partial charge is 0.410 e. The third-order valence-corrected chi connectivity index (χ3v) is 3.41. The minimum absolute atomic E-state index is 0.0163. The molecule has 0 spiro atoms. The second kappa shape index (κ2) is 7.34. The van der Waals surface area contributed by atoms with E-state index < -0.39 is 0 Å². The van der Waals surface area contributed by atoms with Crippen molar-refractivity contribution in [2.24, 2.45) is 5.92 Å². The number of nitrogens with zero attached hydrogens (tertiary/aromatic N) is 1. The van der Waals surface area contributed by atoms with E-state index in [1.165, 1.54) is 6.08 Å². The summed E-state index contributed by atoms with van der Waals surface area (Å²) >= 11 is 5.57. The first kappa shape index (κ1) is 15.8. The summed E-state index contributed by atoms with van der Waals surface area (Å²) in [7, 11) is 0. The van der Waals surface area contributed by atoms with Crippen LogP contribution in [0, 0.1) is 5.92 Å². The fraction of sp³-hybridized carbons (Fsp3) is 0.571. The van der Waals surface area contributed by atoms with E-state index in [1.807, 2.05) is 13.8 Å². The Labute approximate surface area is 119 Å². The van der Waals surface area contributed by atoms with Crippen molar-refractivity contribution in [2.75, 3.05) is 19.0 Å². The fourth-order valence-electron chi connectivity index (χ4n) is 2.09. The number of carbonyl (C=O) groups is 2. The Morgan fingerprint density at radius 1 is 1.63 bits per heavy atom. The van der Waals surface area contributed by atoms with Crippen molar-refractivity contribution in [3.05, 3.63) is 24.3 Å². The monoisotopic (exact) mass is 285 g/mol. The van der Waals surface area contributed by atoms with Crippen LogP contribution in [0.25, 0.3) is 0 Å². The van der Waals surface area contributed by atoms with Gasteiger partial charge in [-0.25, -0.2) is 4.79 Å². The molecule has 1 amide bonds. The lowest BCUT2D eigenvalue weighted by Gasteiger charge is -2.36. The van der Waals surface area contributed by atoms with Crippen LogP contribution in [-0.4, -0.2) is 41.8 Å². The number of ether oxygens (including phenoxy) is 1. The minimum Gasteiger partial charge on any atom is -0.445 e. The van der Waals surface area contributed by atoms with Gasteiger partial charge in [-0.1, -0.05) is 32.6 Å². The van der Waals surface area contributed by atoms with Gasteiger partial charge in [-0.15, -0.1) is 11.6 Å². The Morgan fingerprint density at radius 2 is 2.32 bits per heavy atom. The van der Waals surface area contributed by atoms with E-state index in [1.54, 1.807) is 11.0 Å². The maximum atomic E-state index is 11.9. The molecule has 1 aliphatic heterocycles. The molecule has 106 valence electrons. The highest BCUT2D eigenvalue weighted by Gasteiger charge is 2.32. The van der Waals surface area contributed by atoms with E-state index in [9.17, 15) is 9.59 Å². The van der Waals surface area contributed by atoms with Crippen molar-refractivity contribution >= 4 is 23.5 Å². The molecule has 1 rings (SSSR count). The van der Waals surface area contributed by atoms with Crippen LogP contribution >= 0.6 is 11.6 Å². The zero-order valence-corrected chi connectivity index (χ0v) is 12.2. The number of hydrogen-bond acceptors (Lipinski definition) is 3. The number of halogens is 1. The van der Waals surface area contributed by atoms with Crippen LogP contribution in [0.15, 0.2) is 24.3 Å². The zero-order valence-electron chi connectivity index (χ0n) is 11.4. The quantitative estimate of drug-likeness (QED) is 0.576. The average Bonchev–Trinajstić information content (AvgIpc) is 2.43. The van der Waals surface area contributed by atoms with E-state index >= 15 is 0 Å². The van der Waals surface area contributed by atoms with E-state index in [0.717, 1.165) is 0 Å². The number of Topliss-reactive ketones (excluding diaryl/α,β-unsaturated/α-hetero) is 1. The summed E-state index contributed by atoms with van der Waals surface area (Å²) < 4.78 is 5.06. The van der Waals surface area contributed by atoms with Gasteiger partial charge in [0, 0.05) is 12.6 Å². The summed E-state index contributed by atoms with van der Waals surface area (Å²) in [5.41, 5.74) is 0.710. The molecule has 0 bridgehead atoms. The lowest BCUT2D eigenvalue weighted by Crippen LogP contribution is -2.46. The van der Waals surface area contributed by atoms with Crippen LogP contribution in [-0.2, 0) is 9.53 Å². The number of alkyl halides is 1. The van der Waals surface area contributed by atoms with Crippen LogP contribution < -0.4 is 0 Å². The molecule has 0 saturated heterocycles. The third kappa shape index (κ3) is 4.10. The zero-order chi connectivity index (χ0) is 14.4. The number of ketones is 1. The molecule has 1 heterocycles. The molecular formula is C14H20ClNO3. The fourth-order valence-corrected chi connectivity index (χ4v) is 2.27. The molecule has 0 N–H and O–H groups in total. The Morgan fingerprint density at radius 3 is 2.84 bits per heavy atom. The predicted molar refractivity (Wildman–Crippen MR) is 75.3 cm³/mol. The Hall–Kier alpha value is -1.29. The first-order chi connectivity index (χ1) is 9.01. The standard InChI is InChI=1S/C14H20ClNO3/c1-4-7-19-14(18)16-6-5-11(13(17)9-15)8-12(16)10(2)3/h4-5,10,12H,1,6-9H2,2-3H3/t12-/m0/s1. The third-order valence-electron chi connectivity index (χ3n) is 3.17. The van der Waals surface area contributed by atoms with Gasteiger partial charge in [0.2, 0.25) is 0 Å². The van der Waals surface area contributed by atoms with Gasteiger partial charge in [-0.3, -0.25) is 4.79 Å². The molecule has 4 nitrogen and oxygen atoms in total. The van der Waals surface area contributed by atoms with Crippen molar-refractivity contribution in [2.45, 2.75) is 26.3 Å². The van der Waals surface area contributed by atoms with Gasteiger partial charge < -0.3 is 9.64 Å². The molecule has 0 aliphatic carbocycles. The highest BCUT2D eigenvalue weighted by atomic mass is 35.5. The molecule has 0 aromatic rings. The molecule has 0 unspecified atom stereocenters. The Bertz CT molecular complexity index is 390. The Kier molecular flexibility index (Phi) is 6.09. The highest BCUT2D eigenvalue weighted by Crippen LogP contribution is 2.25. The number of amides is 1. The average molecular weight is 286 g/mol. The van der Waals surface area contributed by atoms with Crippen molar-refractivity contribution in [1.82, 2.24) is 4.90 Å². The number of rotatable bonds is 5.